The molecule has 7 heteroatoms. The largest absolute Gasteiger partial charge is 0.443 e. The van der Waals surface area contributed by atoms with Crippen molar-refractivity contribution in [3.63, 3.8) is 0 Å². The summed E-state index contributed by atoms with van der Waals surface area (Å²) in [5, 5.41) is 1.71. The fourth-order valence-electron chi connectivity index (χ4n) is 3.66. The molecule has 1 saturated heterocycles. The van der Waals surface area contributed by atoms with Crippen molar-refractivity contribution in [2.45, 2.75) is 45.6 Å². The van der Waals surface area contributed by atoms with Gasteiger partial charge < -0.3 is 9.32 Å². The molecule has 0 aliphatic carbocycles. The predicted octanol–water partition coefficient (Wildman–Crippen LogP) is 4.90. The molecule has 3 aromatic rings. The van der Waals surface area contributed by atoms with Gasteiger partial charge in [-0.15, -0.1) is 11.3 Å². The van der Waals surface area contributed by atoms with E-state index < -0.39 is 0 Å². The van der Waals surface area contributed by atoms with Gasteiger partial charge in [0.15, 0.2) is 0 Å². The van der Waals surface area contributed by atoms with E-state index >= 15 is 0 Å². The van der Waals surface area contributed by atoms with E-state index in [0.717, 1.165) is 46.3 Å². The highest BCUT2D eigenvalue weighted by Gasteiger charge is 2.33. The predicted molar refractivity (Wildman–Crippen MR) is 110 cm³/mol. The van der Waals surface area contributed by atoms with Gasteiger partial charge in [-0.2, -0.15) is 0 Å². The number of benzene rings is 1. The first-order valence-corrected chi connectivity index (χ1v) is 10.6. The smallest absolute Gasteiger partial charge is 0.228 e. The molecule has 1 amide bonds. The second kappa shape index (κ2) is 8.05. The molecular weight excluding hydrogens is 394 g/mol. The molecule has 1 atom stereocenters. The van der Waals surface area contributed by atoms with E-state index in [1.165, 1.54) is 0 Å². The highest BCUT2D eigenvalue weighted by atomic mass is 35.5. The third-order valence-corrected chi connectivity index (χ3v) is 6.36. The summed E-state index contributed by atoms with van der Waals surface area (Å²) in [6.07, 6.45) is 4.66. The first-order chi connectivity index (χ1) is 13.5. The standard InChI is InChI=1S/C21H22ClN3O2S/c1-13-19(28-14(2)24-13)11-20(26)25-9-3-4-18(25)21-23-12-17(27-21)10-15-5-7-16(22)8-6-15/h5-8,12,18H,3-4,9-11H2,1-2H3/t18-/m1/s1. The molecule has 1 aliphatic heterocycles. The zero-order chi connectivity index (χ0) is 19.7. The number of thiazole rings is 1. The number of nitrogens with zero attached hydrogens (tertiary/aromatic N) is 3. The molecule has 28 heavy (non-hydrogen) atoms. The fourth-order valence-corrected chi connectivity index (χ4v) is 4.71. The quantitative estimate of drug-likeness (QED) is 0.594. The summed E-state index contributed by atoms with van der Waals surface area (Å²) in [7, 11) is 0. The Kier molecular flexibility index (Phi) is 5.51. The Hall–Kier alpha value is -2.18. The lowest BCUT2D eigenvalue weighted by Crippen LogP contribution is -2.32. The van der Waals surface area contributed by atoms with Gasteiger partial charge in [0.05, 0.1) is 23.3 Å². The van der Waals surface area contributed by atoms with Crippen molar-refractivity contribution < 1.29 is 9.21 Å². The second-order valence-corrected chi connectivity index (χ2v) is 8.86. The monoisotopic (exact) mass is 415 g/mol. The number of aryl methyl sites for hydroxylation is 2. The summed E-state index contributed by atoms with van der Waals surface area (Å²) in [6, 6.07) is 7.62. The highest BCUT2D eigenvalue weighted by Crippen LogP contribution is 2.33. The van der Waals surface area contributed by atoms with Gasteiger partial charge in [0.25, 0.3) is 0 Å². The van der Waals surface area contributed by atoms with Crippen molar-refractivity contribution in [3.8, 4) is 0 Å². The van der Waals surface area contributed by atoms with Gasteiger partial charge in [-0.3, -0.25) is 4.79 Å². The maximum absolute atomic E-state index is 12.9. The van der Waals surface area contributed by atoms with Gasteiger partial charge in [-0.1, -0.05) is 23.7 Å². The van der Waals surface area contributed by atoms with Crippen LogP contribution in [-0.4, -0.2) is 27.3 Å². The number of carbonyl (C=O) groups excluding carboxylic acids is 1. The summed E-state index contributed by atoms with van der Waals surface area (Å²) in [5.41, 5.74) is 2.07. The summed E-state index contributed by atoms with van der Waals surface area (Å²) in [5.74, 6) is 1.55. The van der Waals surface area contributed by atoms with Crippen LogP contribution >= 0.6 is 22.9 Å². The number of hydrogen-bond donors (Lipinski definition) is 0. The molecule has 1 aliphatic rings. The molecule has 0 saturated carbocycles. The molecule has 1 aromatic carbocycles. The highest BCUT2D eigenvalue weighted by molar-refractivity contribution is 7.11. The van der Waals surface area contributed by atoms with E-state index in [-0.39, 0.29) is 11.9 Å². The van der Waals surface area contributed by atoms with Crippen molar-refractivity contribution >= 4 is 28.8 Å². The minimum absolute atomic E-state index is 0.0826. The third-order valence-electron chi connectivity index (χ3n) is 5.03. The van der Waals surface area contributed by atoms with Gasteiger partial charge in [-0.05, 0) is 44.4 Å². The Balaban J connectivity index is 1.46. The SMILES string of the molecule is Cc1nc(C)c(CC(=O)N2CCC[C@@H]2c2ncc(Cc3ccc(Cl)cc3)o2)s1. The molecule has 146 valence electrons. The molecule has 4 rings (SSSR count). The van der Waals surface area contributed by atoms with E-state index in [9.17, 15) is 4.79 Å². The minimum atomic E-state index is -0.0826. The number of carbonyl (C=O) groups is 1. The Morgan fingerprint density at radius 2 is 2.11 bits per heavy atom. The van der Waals surface area contributed by atoms with Crippen molar-refractivity contribution in [2.75, 3.05) is 6.54 Å². The van der Waals surface area contributed by atoms with E-state index in [0.29, 0.717) is 23.8 Å². The van der Waals surface area contributed by atoms with Crippen LogP contribution < -0.4 is 0 Å². The van der Waals surface area contributed by atoms with Crippen LogP contribution in [0.5, 0.6) is 0 Å². The zero-order valence-electron chi connectivity index (χ0n) is 15.9. The van der Waals surface area contributed by atoms with Crippen molar-refractivity contribution in [2.24, 2.45) is 0 Å². The molecule has 1 fully saturated rings. The van der Waals surface area contributed by atoms with Crippen LogP contribution in [0.3, 0.4) is 0 Å². The lowest BCUT2D eigenvalue weighted by atomic mass is 10.1. The normalized spacial score (nSPS) is 16.7. The van der Waals surface area contributed by atoms with Crippen LogP contribution in [0, 0.1) is 13.8 Å². The van der Waals surface area contributed by atoms with E-state index in [4.69, 9.17) is 16.0 Å². The molecule has 5 nitrogen and oxygen atoms in total. The Labute approximate surface area is 173 Å². The molecule has 0 bridgehead atoms. The second-order valence-electron chi connectivity index (χ2n) is 7.13. The summed E-state index contributed by atoms with van der Waals surface area (Å²) in [4.78, 5) is 24.8. The van der Waals surface area contributed by atoms with Crippen molar-refractivity contribution in [3.05, 3.63) is 68.3 Å². The first kappa shape index (κ1) is 19.2. The number of amides is 1. The lowest BCUT2D eigenvalue weighted by Gasteiger charge is -2.22. The number of aromatic nitrogens is 2. The average molecular weight is 416 g/mol. The van der Waals surface area contributed by atoms with E-state index in [2.05, 4.69) is 9.97 Å². The van der Waals surface area contributed by atoms with Crippen LogP contribution in [0.25, 0.3) is 0 Å². The molecular formula is C21H22ClN3O2S. The first-order valence-electron chi connectivity index (χ1n) is 9.41. The number of likely N-dealkylation sites (tertiary alicyclic amines) is 1. The molecule has 0 N–H and O–H groups in total. The van der Waals surface area contributed by atoms with Gasteiger partial charge in [0.1, 0.15) is 11.8 Å². The number of oxazole rings is 1. The molecule has 2 aromatic heterocycles. The summed E-state index contributed by atoms with van der Waals surface area (Å²) >= 11 is 7.54. The fraction of sp³-hybridized carbons (Fsp3) is 0.381. The molecule has 0 spiro atoms. The van der Waals surface area contributed by atoms with Gasteiger partial charge in [0, 0.05) is 22.9 Å². The van der Waals surface area contributed by atoms with Crippen molar-refractivity contribution in [1.29, 1.82) is 0 Å². The molecule has 0 unspecified atom stereocenters. The topological polar surface area (TPSA) is 59.2 Å². The maximum atomic E-state index is 12.9. The van der Waals surface area contributed by atoms with E-state index in [1.54, 1.807) is 17.5 Å². The Morgan fingerprint density at radius 3 is 2.82 bits per heavy atom. The van der Waals surface area contributed by atoms with Crippen LogP contribution in [-0.2, 0) is 17.6 Å². The molecule has 3 heterocycles. The third kappa shape index (κ3) is 4.13. The number of hydrogen-bond acceptors (Lipinski definition) is 5. The van der Waals surface area contributed by atoms with Crippen LogP contribution in [0.15, 0.2) is 34.9 Å². The van der Waals surface area contributed by atoms with Gasteiger partial charge in [-0.25, -0.2) is 9.97 Å². The van der Waals surface area contributed by atoms with E-state index in [1.807, 2.05) is 43.0 Å². The number of halogens is 1. The Morgan fingerprint density at radius 1 is 1.32 bits per heavy atom. The van der Waals surface area contributed by atoms with Gasteiger partial charge >= 0.3 is 0 Å². The minimum Gasteiger partial charge on any atom is -0.443 e. The van der Waals surface area contributed by atoms with Crippen LogP contribution in [0.4, 0.5) is 0 Å². The van der Waals surface area contributed by atoms with Crippen molar-refractivity contribution in [1.82, 2.24) is 14.9 Å². The van der Waals surface area contributed by atoms with Crippen LogP contribution in [0.2, 0.25) is 5.02 Å². The maximum Gasteiger partial charge on any atom is 0.228 e. The summed E-state index contributed by atoms with van der Waals surface area (Å²) in [6.45, 7) is 4.68. The summed E-state index contributed by atoms with van der Waals surface area (Å²) < 4.78 is 6.01. The van der Waals surface area contributed by atoms with Crippen LogP contribution in [0.1, 0.15) is 51.7 Å². The molecule has 0 radical (unpaired) electrons. The number of rotatable bonds is 5. The zero-order valence-corrected chi connectivity index (χ0v) is 17.5. The Bertz CT molecular complexity index is 980. The lowest BCUT2D eigenvalue weighted by molar-refractivity contribution is -0.131. The van der Waals surface area contributed by atoms with Gasteiger partial charge in [0.2, 0.25) is 11.8 Å². The average Bonchev–Trinajstić information content (AvgIpc) is 3.37.